The highest BCUT2D eigenvalue weighted by Gasteiger charge is 2.27. The third-order valence-corrected chi connectivity index (χ3v) is 4.80. The Morgan fingerprint density at radius 3 is 2.53 bits per heavy atom. The van der Waals surface area contributed by atoms with Crippen molar-refractivity contribution >= 4 is 0 Å². The summed E-state index contributed by atoms with van der Waals surface area (Å²) in [5.74, 6) is 0.878. The Kier molecular flexibility index (Phi) is 5.00. The van der Waals surface area contributed by atoms with Crippen LogP contribution in [-0.4, -0.2) is 24.0 Å². The van der Waals surface area contributed by atoms with Crippen molar-refractivity contribution in [1.82, 2.24) is 4.90 Å². The van der Waals surface area contributed by atoms with Gasteiger partial charge in [-0.25, -0.2) is 0 Å². The molecule has 1 aromatic carbocycles. The van der Waals surface area contributed by atoms with Gasteiger partial charge in [0, 0.05) is 19.1 Å². The molecule has 0 radical (unpaired) electrons. The molecule has 2 heteroatoms. The minimum absolute atomic E-state index is 0.567. The molecule has 2 atom stereocenters. The van der Waals surface area contributed by atoms with Gasteiger partial charge in [-0.3, -0.25) is 4.90 Å². The molecule has 1 saturated heterocycles. The molecule has 0 amide bonds. The van der Waals surface area contributed by atoms with E-state index in [1.807, 2.05) is 0 Å². The van der Waals surface area contributed by atoms with Crippen LogP contribution >= 0.6 is 0 Å². The highest BCUT2D eigenvalue weighted by atomic mass is 15.2. The van der Waals surface area contributed by atoms with Gasteiger partial charge in [0.25, 0.3) is 0 Å². The third-order valence-electron chi connectivity index (χ3n) is 4.80. The highest BCUT2D eigenvalue weighted by molar-refractivity contribution is 5.33. The standard InChI is InChI=1S/C17H28N2/c1-4-15-8-9-19(16(10-15)11-18)12-17-13(2)6-5-7-14(17)3/h5-7,15-16H,4,8-12,18H2,1-3H3. The van der Waals surface area contributed by atoms with Gasteiger partial charge in [0.2, 0.25) is 0 Å². The summed E-state index contributed by atoms with van der Waals surface area (Å²) in [7, 11) is 0. The molecule has 2 rings (SSSR count). The lowest BCUT2D eigenvalue weighted by molar-refractivity contribution is 0.107. The largest absolute Gasteiger partial charge is 0.329 e. The van der Waals surface area contributed by atoms with Crippen LogP contribution in [0.25, 0.3) is 0 Å². The van der Waals surface area contributed by atoms with E-state index in [0.717, 1.165) is 19.0 Å². The monoisotopic (exact) mass is 260 g/mol. The van der Waals surface area contributed by atoms with Crippen LogP contribution in [0.4, 0.5) is 0 Å². The second-order valence-corrected chi connectivity index (χ2v) is 6.03. The van der Waals surface area contributed by atoms with Crippen LogP contribution in [0.2, 0.25) is 0 Å². The third kappa shape index (κ3) is 3.37. The predicted molar refractivity (Wildman–Crippen MR) is 82.2 cm³/mol. The Labute approximate surface area is 118 Å². The number of nitrogens with zero attached hydrogens (tertiary/aromatic N) is 1. The van der Waals surface area contributed by atoms with Crippen molar-refractivity contribution in [3.8, 4) is 0 Å². The summed E-state index contributed by atoms with van der Waals surface area (Å²) in [6, 6.07) is 7.16. The van der Waals surface area contributed by atoms with Gasteiger partial charge in [-0.1, -0.05) is 31.5 Å². The minimum atomic E-state index is 0.567. The highest BCUT2D eigenvalue weighted by Crippen LogP contribution is 2.27. The average molecular weight is 260 g/mol. The molecule has 0 spiro atoms. The fourth-order valence-corrected chi connectivity index (χ4v) is 3.31. The van der Waals surface area contributed by atoms with Gasteiger partial charge >= 0.3 is 0 Å². The average Bonchev–Trinajstić information content (AvgIpc) is 2.43. The van der Waals surface area contributed by atoms with Crippen LogP contribution in [0.1, 0.15) is 42.9 Å². The normalized spacial score (nSPS) is 24.6. The lowest BCUT2D eigenvalue weighted by atomic mass is 9.88. The first-order valence-electron chi connectivity index (χ1n) is 7.64. The smallest absolute Gasteiger partial charge is 0.0242 e. The zero-order valence-electron chi connectivity index (χ0n) is 12.7. The molecule has 2 nitrogen and oxygen atoms in total. The van der Waals surface area contributed by atoms with E-state index in [2.05, 4.69) is 43.9 Å². The number of nitrogens with two attached hydrogens (primary N) is 1. The van der Waals surface area contributed by atoms with Crippen LogP contribution in [0.5, 0.6) is 0 Å². The van der Waals surface area contributed by atoms with Crippen molar-refractivity contribution in [3.63, 3.8) is 0 Å². The molecule has 0 bridgehead atoms. The van der Waals surface area contributed by atoms with Crippen molar-refractivity contribution in [3.05, 3.63) is 34.9 Å². The lowest BCUT2D eigenvalue weighted by Gasteiger charge is -2.39. The van der Waals surface area contributed by atoms with Crippen molar-refractivity contribution in [1.29, 1.82) is 0 Å². The van der Waals surface area contributed by atoms with Gasteiger partial charge in [0.1, 0.15) is 0 Å². The Morgan fingerprint density at radius 2 is 1.95 bits per heavy atom. The van der Waals surface area contributed by atoms with Crippen molar-refractivity contribution in [2.75, 3.05) is 13.1 Å². The van der Waals surface area contributed by atoms with Crippen LogP contribution in [0.15, 0.2) is 18.2 Å². The molecule has 1 aliphatic rings. The predicted octanol–water partition coefficient (Wildman–Crippen LogP) is 3.25. The van der Waals surface area contributed by atoms with Crippen LogP contribution < -0.4 is 5.73 Å². The van der Waals surface area contributed by atoms with Gasteiger partial charge in [-0.05, 0) is 55.8 Å². The Hall–Kier alpha value is -0.860. The summed E-state index contributed by atoms with van der Waals surface area (Å²) in [5.41, 5.74) is 10.3. The number of hydrogen-bond donors (Lipinski definition) is 1. The van der Waals surface area contributed by atoms with Gasteiger partial charge in [-0.2, -0.15) is 0 Å². The fraction of sp³-hybridized carbons (Fsp3) is 0.647. The van der Waals surface area contributed by atoms with Gasteiger partial charge in [0.15, 0.2) is 0 Å². The maximum atomic E-state index is 6.00. The van der Waals surface area contributed by atoms with E-state index in [-0.39, 0.29) is 0 Å². The van der Waals surface area contributed by atoms with Crippen LogP contribution in [0.3, 0.4) is 0 Å². The number of hydrogen-bond acceptors (Lipinski definition) is 2. The van der Waals surface area contributed by atoms with E-state index in [9.17, 15) is 0 Å². The van der Waals surface area contributed by atoms with Gasteiger partial charge in [0.05, 0.1) is 0 Å². The molecule has 0 aliphatic carbocycles. The first-order valence-corrected chi connectivity index (χ1v) is 7.64. The van der Waals surface area contributed by atoms with Gasteiger partial charge < -0.3 is 5.73 Å². The first kappa shape index (κ1) is 14.5. The van der Waals surface area contributed by atoms with E-state index in [1.165, 1.54) is 42.5 Å². The zero-order chi connectivity index (χ0) is 13.8. The number of likely N-dealkylation sites (tertiary alicyclic amines) is 1. The second-order valence-electron chi connectivity index (χ2n) is 6.03. The van der Waals surface area contributed by atoms with Crippen LogP contribution in [-0.2, 0) is 6.54 Å². The Bertz CT molecular complexity index is 393. The molecular formula is C17H28N2. The lowest BCUT2D eigenvalue weighted by Crippen LogP contribution is -2.46. The number of aryl methyl sites for hydroxylation is 2. The molecular weight excluding hydrogens is 232 g/mol. The second kappa shape index (κ2) is 6.53. The number of piperidine rings is 1. The summed E-state index contributed by atoms with van der Waals surface area (Å²) in [6.07, 6.45) is 3.91. The molecule has 0 saturated carbocycles. The zero-order valence-corrected chi connectivity index (χ0v) is 12.7. The number of rotatable bonds is 4. The Balaban J connectivity index is 2.10. The summed E-state index contributed by atoms with van der Waals surface area (Å²) < 4.78 is 0. The summed E-state index contributed by atoms with van der Waals surface area (Å²) >= 11 is 0. The van der Waals surface area contributed by atoms with Crippen LogP contribution in [0, 0.1) is 19.8 Å². The van der Waals surface area contributed by atoms with E-state index < -0.39 is 0 Å². The molecule has 2 unspecified atom stereocenters. The fourth-order valence-electron chi connectivity index (χ4n) is 3.31. The quantitative estimate of drug-likeness (QED) is 0.900. The molecule has 0 aromatic heterocycles. The molecule has 1 fully saturated rings. The van der Waals surface area contributed by atoms with Gasteiger partial charge in [-0.15, -0.1) is 0 Å². The number of benzene rings is 1. The van der Waals surface area contributed by atoms with E-state index in [0.29, 0.717) is 6.04 Å². The maximum Gasteiger partial charge on any atom is 0.0242 e. The Morgan fingerprint density at radius 1 is 1.26 bits per heavy atom. The summed E-state index contributed by atoms with van der Waals surface area (Å²) in [5, 5.41) is 0. The van der Waals surface area contributed by atoms with Crippen molar-refractivity contribution in [2.45, 2.75) is 52.6 Å². The van der Waals surface area contributed by atoms with E-state index in [4.69, 9.17) is 5.73 Å². The molecule has 1 aromatic rings. The molecule has 106 valence electrons. The molecule has 1 heterocycles. The summed E-state index contributed by atoms with van der Waals surface area (Å²) in [4.78, 5) is 2.60. The molecule has 1 aliphatic heterocycles. The maximum absolute atomic E-state index is 6.00. The topological polar surface area (TPSA) is 29.3 Å². The van der Waals surface area contributed by atoms with Crippen molar-refractivity contribution in [2.24, 2.45) is 11.7 Å². The summed E-state index contributed by atoms with van der Waals surface area (Å²) in [6.45, 7) is 9.81. The van der Waals surface area contributed by atoms with E-state index in [1.54, 1.807) is 0 Å². The molecule has 2 N–H and O–H groups in total. The minimum Gasteiger partial charge on any atom is -0.329 e. The molecule has 19 heavy (non-hydrogen) atoms. The van der Waals surface area contributed by atoms with E-state index >= 15 is 0 Å². The first-order chi connectivity index (χ1) is 9.15. The van der Waals surface area contributed by atoms with Crippen molar-refractivity contribution < 1.29 is 0 Å². The SMILES string of the molecule is CCC1CCN(Cc2c(C)cccc2C)C(CN)C1.